The van der Waals surface area contributed by atoms with Gasteiger partial charge in [0, 0.05) is 44.2 Å². The third kappa shape index (κ3) is 3.79. The van der Waals surface area contributed by atoms with E-state index in [4.69, 9.17) is 0 Å². The lowest BCUT2D eigenvalue weighted by Gasteiger charge is -2.38. The van der Waals surface area contributed by atoms with Crippen LogP contribution in [0.25, 0.3) is 0 Å². The number of carbonyl (C=O) groups is 1. The van der Waals surface area contributed by atoms with Crippen LogP contribution in [0.4, 0.5) is 4.39 Å². The Morgan fingerprint density at radius 3 is 2.67 bits per heavy atom. The highest BCUT2D eigenvalue weighted by Crippen LogP contribution is 2.24. The van der Waals surface area contributed by atoms with E-state index in [1.807, 2.05) is 24.0 Å². The molecule has 1 aliphatic rings. The smallest absolute Gasteiger partial charge is 0.224 e. The third-order valence-electron chi connectivity index (χ3n) is 4.59. The van der Waals surface area contributed by atoms with Gasteiger partial charge >= 0.3 is 0 Å². The average Bonchev–Trinajstić information content (AvgIpc) is 3.13. The number of aromatic nitrogens is 3. The summed E-state index contributed by atoms with van der Waals surface area (Å²) in [5.41, 5.74) is 0.712. The van der Waals surface area contributed by atoms with Crippen LogP contribution in [-0.4, -0.2) is 56.7 Å². The lowest BCUT2D eigenvalue weighted by molar-refractivity contribution is -0.133. The first-order chi connectivity index (χ1) is 11.6. The summed E-state index contributed by atoms with van der Waals surface area (Å²) in [4.78, 5) is 20.2. The van der Waals surface area contributed by atoms with Gasteiger partial charge in [-0.15, -0.1) is 0 Å². The van der Waals surface area contributed by atoms with E-state index in [1.54, 1.807) is 17.1 Å². The van der Waals surface area contributed by atoms with Gasteiger partial charge in [-0.25, -0.2) is 9.37 Å². The van der Waals surface area contributed by atoms with E-state index in [2.05, 4.69) is 15.0 Å². The molecule has 7 heteroatoms. The molecule has 24 heavy (non-hydrogen) atoms. The minimum atomic E-state index is -0.170. The standard InChI is InChI=1S/C17H22FN5O/c1-14(15-4-2-3-5-16(15)18)21-8-10-22(11-9-21)17(24)6-7-23-13-19-12-20-23/h2-5,12-14H,6-11H2,1H3/t14-/m1/s1. The maximum Gasteiger partial charge on any atom is 0.224 e. The molecule has 0 aliphatic carbocycles. The number of piperazine rings is 1. The second-order valence-corrected chi connectivity index (χ2v) is 6.02. The van der Waals surface area contributed by atoms with Gasteiger partial charge in [0.2, 0.25) is 5.91 Å². The molecule has 2 aromatic rings. The van der Waals surface area contributed by atoms with Crippen LogP contribution in [0.5, 0.6) is 0 Å². The Balaban J connectivity index is 1.50. The molecule has 2 heterocycles. The van der Waals surface area contributed by atoms with Crippen molar-refractivity contribution in [3.63, 3.8) is 0 Å². The molecule has 1 saturated heterocycles. The molecule has 6 nitrogen and oxygen atoms in total. The maximum atomic E-state index is 13.9. The van der Waals surface area contributed by atoms with Crippen molar-refractivity contribution in [1.29, 1.82) is 0 Å². The Labute approximate surface area is 140 Å². The van der Waals surface area contributed by atoms with Crippen LogP contribution in [0.1, 0.15) is 24.9 Å². The Morgan fingerprint density at radius 1 is 1.25 bits per heavy atom. The molecule has 0 spiro atoms. The molecule has 1 aromatic heterocycles. The summed E-state index contributed by atoms with van der Waals surface area (Å²) in [6.45, 7) is 5.42. The zero-order chi connectivity index (χ0) is 16.9. The fraction of sp³-hybridized carbons (Fsp3) is 0.471. The van der Waals surface area contributed by atoms with Crippen LogP contribution in [0.3, 0.4) is 0 Å². The predicted molar refractivity (Wildman–Crippen MR) is 87.6 cm³/mol. The number of hydrogen-bond acceptors (Lipinski definition) is 4. The van der Waals surface area contributed by atoms with Gasteiger partial charge in [0.15, 0.2) is 0 Å². The van der Waals surface area contributed by atoms with Crippen molar-refractivity contribution in [1.82, 2.24) is 24.6 Å². The van der Waals surface area contributed by atoms with Crippen molar-refractivity contribution in [2.24, 2.45) is 0 Å². The topological polar surface area (TPSA) is 54.3 Å². The number of nitrogens with zero attached hydrogens (tertiary/aromatic N) is 5. The second-order valence-electron chi connectivity index (χ2n) is 6.02. The van der Waals surface area contributed by atoms with Gasteiger partial charge in [-0.1, -0.05) is 18.2 Å². The molecule has 0 radical (unpaired) electrons. The molecular formula is C17H22FN5O. The Morgan fingerprint density at radius 2 is 2.00 bits per heavy atom. The molecule has 1 amide bonds. The van der Waals surface area contributed by atoms with Gasteiger partial charge in [0.1, 0.15) is 18.5 Å². The largest absolute Gasteiger partial charge is 0.340 e. The van der Waals surface area contributed by atoms with E-state index in [0.717, 1.165) is 13.1 Å². The van der Waals surface area contributed by atoms with Crippen LogP contribution in [-0.2, 0) is 11.3 Å². The monoisotopic (exact) mass is 331 g/mol. The van der Waals surface area contributed by atoms with Gasteiger partial charge in [-0.2, -0.15) is 5.10 Å². The number of rotatable bonds is 5. The van der Waals surface area contributed by atoms with Crippen molar-refractivity contribution in [3.8, 4) is 0 Å². The van der Waals surface area contributed by atoms with Gasteiger partial charge in [-0.3, -0.25) is 14.4 Å². The SMILES string of the molecule is C[C@H](c1ccccc1F)N1CCN(C(=O)CCn2cncn2)CC1. The zero-order valence-electron chi connectivity index (χ0n) is 13.8. The molecule has 1 fully saturated rings. The van der Waals surface area contributed by atoms with Crippen molar-refractivity contribution >= 4 is 5.91 Å². The fourth-order valence-corrected chi connectivity index (χ4v) is 3.09. The zero-order valence-corrected chi connectivity index (χ0v) is 13.8. The molecule has 3 rings (SSSR count). The maximum absolute atomic E-state index is 13.9. The highest BCUT2D eigenvalue weighted by atomic mass is 19.1. The summed E-state index contributed by atoms with van der Waals surface area (Å²) in [6.07, 6.45) is 3.50. The first kappa shape index (κ1) is 16.6. The average molecular weight is 331 g/mol. The summed E-state index contributed by atoms with van der Waals surface area (Å²) in [5, 5.41) is 4.00. The number of carbonyl (C=O) groups excluding carboxylic acids is 1. The number of amides is 1. The van der Waals surface area contributed by atoms with Crippen LogP contribution >= 0.6 is 0 Å². The van der Waals surface area contributed by atoms with E-state index in [-0.39, 0.29) is 17.8 Å². The first-order valence-corrected chi connectivity index (χ1v) is 8.24. The minimum absolute atomic E-state index is 0.0126. The van der Waals surface area contributed by atoms with Gasteiger partial charge in [-0.05, 0) is 13.0 Å². The second kappa shape index (κ2) is 7.53. The quantitative estimate of drug-likeness (QED) is 0.837. The molecule has 0 N–H and O–H groups in total. The number of hydrogen-bond donors (Lipinski definition) is 0. The van der Waals surface area contributed by atoms with Gasteiger partial charge in [0.25, 0.3) is 0 Å². The molecule has 0 bridgehead atoms. The molecule has 1 aliphatic heterocycles. The van der Waals surface area contributed by atoms with Crippen molar-refractivity contribution in [2.75, 3.05) is 26.2 Å². The molecule has 0 saturated carbocycles. The summed E-state index contributed by atoms with van der Waals surface area (Å²) in [6, 6.07) is 6.90. The highest BCUT2D eigenvalue weighted by Gasteiger charge is 2.25. The number of halogens is 1. The van der Waals surface area contributed by atoms with Crippen molar-refractivity contribution < 1.29 is 9.18 Å². The fourth-order valence-electron chi connectivity index (χ4n) is 3.09. The normalized spacial score (nSPS) is 17.0. The van der Waals surface area contributed by atoms with Crippen LogP contribution in [0.15, 0.2) is 36.9 Å². The van der Waals surface area contributed by atoms with Gasteiger partial charge < -0.3 is 4.90 Å². The van der Waals surface area contributed by atoms with E-state index in [0.29, 0.717) is 31.6 Å². The van der Waals surface area contributed by atoms with E-state index in [9.17, 15) is 9.18 Å². The molecule has 1 atom stereocenters. The highest BCUT2D eigenvalue weighted by molar-refractivity contribution is 5.76. The van der Waals surface area contributed by atoms with Crippen LogP contribution < -0.4 is 0 Å². The van der Waals surface area contributed by atoms with E-state index < -0.39 is 0 Å². The third-order valence-corrected chi connectivity index (χ3v) is 4.59. The first-order valence-electron chi connectivity index (χ1n) is 8.24. The lowest BCUT2D eigenvalue weighted by atomic mass is 10.1. The molecule has 1 aromatic carbocycles. The van der Waals surface area contributed by atoms with Crippen LogP contribution in [0.2, 0.25) is 0 Å². The van der Waals surface area contributed by atoms with Gasteiger partial charge in [0.05, 0.1) is 6.54 Å². The predicted octanol–water partition coefficient (Wildman–Crippen LogP) is 1.71. The lowest BCUT2D eigenvalue weighted by Crippen LogP contribution is -2.49. The van der Waals surface area contributed by atoms with Crippen LogP contribution in [0, 0.1) is 5.82 Å². The van der Waals surface area contributed by atoms with Crippen molar-refractivity contribution in [3.05, 3.63) is 48.3 Å². The summed E-state index contributed by atoms with van der Waals surface area (Å²) in [7, 11) is 0. The Kier molecular flexibility index (Phi) is 5.20. The molecule has 0 unspecified atom stereocenters. The van der Waals surface area contributed by atoms with Crippen molar-refractivity contribution in [2.45, 2.75) is 25.9 Å². The van der Waals surface area contributed by atoms with E-state index in [1.165, 1.54) is 12.4 Å². The Hall–Kier alpha value is -2.28. The minimum Gasteiger partial charge on any atom is -0.340 e. The number of aryl methyl sites for hydroxylation is 1. The van der Waals surface area contributed by atoms with E-state index >= 15 is 0 Å². The summed E-state index contributed by atoms with van der Waals surface area (Å²) in [5.74, 6) is -0.0416. The summed E-state index contributed by atoms with van der Waals surface area (Å²) < 4.78 is 15.6. The summed E-state index contributed by atoms with van der Waals surface area (Å²) >= 11 is 0. The molecular weight excluding hydrogens is 309 g/mol. The molecule has 128 valence electrons. The Bertz CT molecular complexity index is 667. The number of benzene rings is 1.